The number of halogens is 2. The molecule has 86 valence electrons. The van der Waals surface area contributed by atoms with Crippen LogP contribution in [0.25, 0.3) is 0 Å². The zero-order valence-corrected chi connectivity index (χ0v) is 9.40. The lowest BCUT2D eigenvalue weighted by atomic mass is 10.2. The maximum atomic E-state index is 10.9. The molecule has 0 saturated carbocycles. The van der Waals surface area contributed by atoms with Crippen LogP contribution in [0.5, 0.6) is 5.75 Å². The van der Waals surface area contributed by atoms with Crippen LogP contribution in [0.2, 0.25) is 10.0 Å². The topological polar surface area (TPSA) is 111 Å². The first-order valence-electron chi connectivity index (χ1n) is 3.99. The van der Waals surface area contributed by atoms with Crippen LogP contribution < -0.4 is 11.5 Å². The zero-order valence-electron chi connectivity index (χ0n) is 7.89. The van der Waals surface area contributed by atoms with Crippen molar-refractivity contribution < 1.29 is 9.95 Å². The van der Waals surface area contributed by atoms with Crippen LogP contribution in [-0.2, 0) is 0 Å². The third-order valence-corrected chi connectivity index (χ3v) is 2.09. The largest absolute Gasteiger partial charge is 0.722 e. The van der Waals surface area contributed by atoms with Gasteiger partial charge in [-0.25, -0.2) is 0 Å². The number of nitrogens with zero attached hydrogens (tertiary/aromatic N) is 2. The van der Waals surface area contributed by atoms with Crippen molar-refractivity contribution in [2.45, 2.75) is 0 Å². The number of hydrogen-bond acceptors (Lipinski definition) is 3. The number of hydrogen-bond donors (Lipinski definition) is 3. The van der Waals surface area contributed by atoms with Crippen LogP contribution in [0.4, 0.5) is 0 Å². The van der Waals surface area contributed by atoms with Gasteiger partial charge in [0.2, 0.25) is 0 Å². The quantitative estimate of drug-likeness (QED) is 0.241. The number of phenols is 1. The Morgan fingerprint density at radius 2 is 2.06 bits per heavy atom. The third-order valence-electron chi connectivity index (χ3n) is 1.58. The van der Waals surface area contributed by atoms with E-state index in [-0.39, 0.29) is 21.2 Å². The number of guanidine groups is 1. The van der Waals surface area contributed by atoms with Crippen LogP contribution in [0.3, 0.4) is 0 Å². The first-order chi connectivity index (χ1) is 7.41. The van der Waals surface area contributed by atoms with E-state index in [1.807, 2.05) is 0 Å². The van der Waals surface area contributed by atoms with Gasteiger partial charge in [-0.15, -0.1) is 9.95 Å². The minimum atomic E-state index is -0.524. The van der Waals surface area contributed by atoms with E-state index in [1.54, 1.807) is 0 Å². The third kappa shape index (κ3) is 2.91. The van der Waals surface area contributed by atoms with E-state index in [0.29, 0.717) is 5.02 Å². The fourth-order valence-corrected chi connectivity index (χ4v) is 1.37. The lowest BCUT2D eigenvalue weighted by Gasteiger charge is -2.04. The van der Waals surface area contributed by atoms with Crippen molar-refractivity contribution in [2.75, 3.05) is 0 Å². The molecule has 0 fully saturated rings. The van der Waals surface area contributed by atoms with Crippen LogP contribution in [0.15, 0.2) is 17.2 Å². The fraction of sp³-hybridized carbons (Fsp3) is 0. The molecule has 0 aliphatic heterocycles. The molecule has 5 N–H and O–H groups in total. The molecule has 0 aromatic heterocycles. The molecular weight excluding hydrogens is 255 g/mol. The Morgan fingerprint density at radius 3 is 2.62 bits per heavy atom. The molecule has 0 unspecified atom stereocenters. The molecule has 1 aromatic carbocycles. The van der Waals surface area contributed by atoms with Gasteiger partial charge >= 0.3 is 5.96 Å². The summed E-state index contributed by atoms with van der Waals surface area (Å²) in [4.78, 5) is -0.00570. The summed E-state index contributed by atoms with van der Waals surface area (Å²) in [6.45, 7) is 0. The maximum absolute atomic E-state index is 10.9. The molecule has 0 amide bonds. The molecule has 0 atom stereocenters. The molecule has 0 spiro atoms. The molecule has 8 heteroatoms. The first-order valence-corrected chi connectivity index (χ1v) is 4.74. The molecule has 0 heterocycles. The molecule has 0 radical (unpaired) electrons. The fourth-order valence-electron chi connectivity index (χ4n) is 0.866. The number of phenolic OH excluding ortho intramolecular Hbond substituents is 1. The Balaban J connectivity index is 3.12. The molecule has 16 heavy (non-hydrogen) atoms. The van der Waals surface area contributed by atoms with E-state index in [0.717, 1.165) is 6.21 Å². The van der Waals surface area contributed by atoms with Gasteiger partial charge < -0.3 is 10.3 Å². The number of aromatic hydroxyl groups is 1. The van der Waals surface area contributed by atoms with Crippen LogP contribution in [0, 0.1) is 5.21 Å². The summed E-state index contributed by atoms with van der Waals surface area (Å²) in [5.41, 5.74) is 10.1. The highest BCUT2D eigenvalue weighted by atomic mass is 35.5. The summed E-state index contributed by atoms with van der Waals surface area (Å²) in [6, 6.07) is 2.74. The Hall–Kier alpha value is -1.66. The van der Waals surface area contributed by atoms with Crippen molar-refractivity contribution in [3.05, 3.63) is 32.9 Å². The predicted octanol–water partition coefficient (Wildman–Crippen LogP) is 0.817. The Bertz CT molecular complexity index is 469. The van der Waals surface area contributed by atoms with Crippen molar-refractivity contribution in [3.8, 4) is 5.75 Å². The van der Waals surface area contributed by atoms with E-state index in [1.165, 1.54) is 12.1 Å². The van der Waals surface area contributed by atoms with Gasteiger partial charge in [-0.2, -0.15) is 0 Å². The summed E-state index contributed by atoms with van der Waals surface area (Å²) in [7, 11) is 0. The monoisotopic (exact) mass is 262 g/mol. The van der Waals surface area contributed by atoms with E-state index < -0.39 is 5.96 Å². The van der Waals surface area contributed by atoms with Gasteiger partial charge in [0.05, 0.1) is 11.2 Å². The van der Waals surface area contributed by atoms with Crippen molar-refractivity contribution in [1.82, 2.24) is 0 Å². The van der Waals surface area contributed by atoms with E-state index >= 15 is 0 Å². The molecule has 1 aromatic rings. The summed E-state index contributed by atoms with van der Waals surface area (Å²) < 4.78 is 0. The second-order valence-electron chi connectivity index (χ2n) is 2.77. The minimum absolute atomic E-state index is 0.00570. The number of benzene rings is 1. The average Bonchev–Trinajstić information content (AvgIpc) is 2.20. The van der Waals surface area contributed by atoms with Crippen LogP contribution >= 0.6 is 23.2 Å². The van der Waals surface area contributed by atoms with Crippen LogP contribution in [0.1, 0.15) is 5.56 Å². The standard InChI is InChI=1S/C8H8Cl2N4O2/c9-5-1-4(7(15)6(10)2-5)3-13-14(16)8(11)12/h1-3,15H,11-12H2/b13-3+. The zero-order chi connectivity index (χ0) is 12.3. The van der Waals surface area contributed by atoms with Crippen molar-refractivity contribution >= 4 is 35.4 Å². The lowest BCUT2D eigenvalue weighted by Crippen LogP contribution is -2.30. The Morgan fingerprint density at radius 1 is 1.44 bits per heavy atom. The van der Waals surface area contributed by atoms with Gasteiger partial charge in [-0.3, -0.25) is 11.5 Å². The molecule has 0 bridgehead atoms. The summed E-state index contributed by atoms with van der Waals surface area (Å²) in [6.07, 6.45) is 1.04. The maximum Gasteiger partial charge on any atom is 0.366 e. The molecule has 0 saturated heterocycles. The summed E-state index contributed by atoms with van der Waals surface area (Å²) in [5, 5.41) is 24.1. The van der Waals surface area contributed by atoms with Gasteiger partial charge in [-0.1, -0.05) is 23.2 Å². The van der Waals surface area contributed by atoms with E-state index in [9.17, 15) is 10.3 Å². The van der Waals surface area contributed by atoms with Gasteiger partial charge in [0, 0.05) is 10.6 Å². The number of rotatable bonds is 2. The Kier molecular flexibility index (Phi) is 3.81. The first kappa shape index (κ1) is 12.4. The minimum Gasteiger partial charge on any atom is -0.722 e. The van der Waals surface area contributed by atoms with E-state index in [4.69, 9.17) is 34.7 Å². The molecular formula is C8H8Cl2N4O2. The average molecular weight is 263 g/mol. The second kappa shape index (κ2) is 4.91. The highest BCUT2D eigenvalue weighted by molar-refractivity contribution is 6.36. The van der Waals surface area contributed by atoms with Crippen molar-refractivity contribution in [3.63, 3.8) is 0 Å². The molecule has 0 aliphatic rings. The molecule has 0 aliphatic carbocycles. The number of nitrogens with two attached hydrogens (primary N) is 2. The summed E-state index contributed by atoms with van der Waals surface area (Å²) in [5.74, 6) is -0.761. The van der Waals surface area contributed by atoms with Gasteiger partial charge in [0.1, 0.15) is 5.75 Å². The van der Waals surface area contributed by atoms with Crippen molar-refractivity contribution in [2.24, 2.45) is 16.6 Å². The van der Waals surface area contributed by atoms with Crippen molar-refractivity contribution in [1.29, 1.82) is 0 Å². The smallest absolute Gasteiger partial charge is 0.366 e. The Labute approximate surface area is 101 Å². The highest BCUT2D eigenvalue weighted by Crippen LogP contribution is 2.29. The van der Waals surface area contributed by atoms with Gasteiger partial charge in [-0.05, 0) is 12.1 Å². The SMILES string of the molecule is NC(N)=[N+]([O-])/N=C/c1cc(Cl)cc(Cl)c1O. The lowest BCUT2D eigenvalue weighted by molar-refractivity contribution is -0.463. The molecule has 1 rings (SSSR count). The second-order valence-corrected chi connectivity index (χ2v) is 3.61. The normalized spacial score (nSPS) is 10.6. The predicted molar refractivity (Wildman–Crippen MR) is 62.7 cm³/mol. The van der Waals surface area contributed by atoms with Crippen LogP contribution in [-0.4, -0.2) is 22.1 Å². The number of hydrazone groups is 1. The highest BCUT2D eigenvalue weighted by Gasteiger charge is 2.06. The van der Waals surface area contributed by atoms with Gasteiger partial charge in [0.25, 0.3) is 0 Å². The summed E-state index contributed by atoms with van der Waals surface area (Å²) >= 11 is 11.4. The van der Waals surface area contributed by atoms with E-state index in [2.05, 4.69) is 5.10 Å². The van der Waals surface area contributed by atoms with Gasteiger partial charge in [0.15, 0.2) is 0 Å². The molecule has 6 nitrogen and oxygen atoms in total.